The molecule has 1 fully saturated rings. The molecule has 0 aromatic rings. The molecule has 0 aromatic carbocycles. The third-order valence-electron chi connectivity index (χ3n) is 2.48. The van der Waals surface area contributed by atoms with Gasteiger partial charge in [-0.15, -0.1) is 0 Å². The van der Waals surface area contributed by atoms with Crippen LogP contribution in [-0.2, 0) is 9.59 Å². The van der Waals surface area contributed by atoms with Gasteiger partial charge >= 0.3 is 0 Å². The zero-order valence-electron chi connectivity index (χ0n) is 8.09. The molecular weight excluding hydrogens is 168 g/mol. The molecule has 0 spiro atoms. The smallest absolute Gasteiger partial charge is 0.223 e. The second-order valence-corrected chi connectivity index (χ2v) is 3.42. The molecule has 1 aliphatic heterocycles. The molecule has 2 amide bonds. The maximum Gasteiger partial charge on any atom is 0.223 e. The number of carbonyl (C=O) groups excluding carboxylic acids is 2. The Morgan fingerprint density at radius 2 is 2.38 bits per heavy atom. The molecule has 0 aliphatic carbocycles. The highest BCUT2D eigenvalue weighted by atomic mass is 16.2. The molecule has 1 rings (SSSR count). The summed E-state index contributed by atoms with van der Waals surface area (Å²) in [6.45, 7) is 2.01. The van der Waals surface area contributed by atoms with Gasteiger partial charge < -0.3 is 10.6 Å². The van der Waals surface area contributed by atoms with Crippen LogP contribution in [0, 0.1) is 5.92 Å². The molecule has 0 bridgehead atoms. The van der Waals surface area contributed by atoms with Gasteiger partial charge in [0, 0.05) is 25.4 Å². The van der Waals surface area contributed by atoms with Crippen LogP contribution in [0.3, 0.4) is 0 Å². The first-order valence-corrected chi connectivity index (χ1v) is 4.68. The van der Waals surface area contributed by atoms with Gasteiger partial charge in [-0.25, -0.2) is 0 Å². The molecule has 2 unspecified atom stereocenters. The molecule has 0 radical (unpaired) electrons. The summed E-state index contributed by atoms with van der Waals surface area (Å²) in [5, 5.41) is 5.44. The first-order chi connectivity index (χ1) is 6.17. The van der Waals surface area contributed by atoms with E-state index in [0.717, 1.165) is 12.8 Å². The van der Waals surface area contributed by atoms with Crippen molar-refractivity contribution in [3.05, 3.63) is 0 Å². The highest BCUT2D eigenvalue weighted by molar-refractivity contribution is 5.86. The summed E-state index contributed by atoms with van der Waals surface area (Å²) >= 11 is 0. The summed E-state index contributed by atoms with van der Waals surface area (Å²) in [6, 6.07) is 0.170. The summed E-state index contributed by atoms with van der Waals surface area (Å²) in [6.07, 6.45) is 1.98. The fourth-order valence-electron chi connectivity index (χ4n) is 1.67. The number of hydrogen-bond donors (Lipinski definition) is 2. The standard InChI is InChI=1S/C9H16N2O2/c1-3-7-4-6(9(13)10-2)5-8(12)11-7/h6-7H,3-5H2,1-2H3,(H,10,13)(H,11,12). The minimum atomic E-state index is -0.135. The fourth-order valence-corrected chi connectivity index (χ4v) is 1.67. The largest absolute Gasteiger partial charge is 0.359 e. The number of rotatable bonds is 2. The maximum atomic E-state index is 11.3. The lowest BCUT2D eigenvalue weighted by Crippen LogP contribution is -2.46. The van der Waals surface area contributed by atoms with Crippen LogP contribution in [0.4, 0.5) is 0 Å². The molecule has 1 heterocycles. The molecule has 2 atom stereocenters. The fraction of sp³-hybridized carbons (Fsp3) is 0.778. The number of hydrogen-bond acceptors (Lipinski definition) is 2. The molecule has 0 aromatic heterocycles. The monoisotopic (exact) mass is 184 g/mol. The van der Waals surface area contributed by atoms with Crippen molar-refractivity contribution < 1.29 is 9.59 Å². The Labute approximate surface area is 78.1 Å². The quantitative estimate of drug-likeness (QED) is 0.636. The van der Waals surface area contributed by atoms with Crippen molar-refractivity contribution in [1.82, 2.24) is 10.6 Å². The third kappa shape index (κ3) is 2.44. The van der Waals surface area contributed by atoms with E-state index in [1.54, 1.807) is 7.05 Å². The van der Waals surface area contributed by atoms with Crippen molar-refractivity contribution in [1.29, 1.82) is 0 Å². The summed E-state index contributed by atoms with van der Waals surface area (Å²) in [5.74, 6) is -0.163. The number of carbonyl (C=O) groups is 2. The number of nitrogens with one attached hydrogen (secondary N) is 2. The van der Waals surface area contributed by atoms with E-state index in [1.165, 1.54) is 0 Å². The van der Waals surface area contributed by atoms with Gasteiger partial charge in [0.05, 0.1) is 0 Å². The molecule has 4 heteroatoms. The van der Waals surface area contributed by atoms with E-state index in [1.807, 2.05) is 6.92 Å². The van der Waals surface area contributed by atoms with Gasteiger partial charge in [-0.1, -0.05) is 6.92 Å². The van der Waals surface area contributed by atoms with Gasteiger partial charge in [0.25, 0.3) is 0 Å². The van der Waals surface area contributed by atoms with E-state index >= 15 is 0 Å². The van der Waals surface area contributed by atoms with Gasteiger partial charge in [-0.2, -0.15) is 0 Å². The van der Waals surface area contributed by atoms with Gasteiger partial charge in [0.2, 0.25) is 11.8 Å². The molecular formula is C9H16N2O2. The SMILES string of the molecule is CCC1CC(C(=O)NC)CC(=O)N1. The number of amides is 2. The first kappa shape index (κ1) is 10.0. The van der Waals surface area contributed by atoms with Crippen molar-refractivity contribution in [3.63, 3.8) is 0 Å². The third-order valence-corrected chi connectivity index (χ3v) is 2.48. The first-order valence-electron chi connectivity index (χ1n) is 4.68. The van der Waals surface area contributed by atoms with Crippen LogP contribution in [0.15, 0.2) is 0 Å². The Bertz CT molecular complexity index is 216. The van der Waals surface area contributed by atoms with Gasteiger partial charge in [0.1, 0.15) is 0 Å². The number of piperidine rings is 1. The predicted molar refractivity (Wildman–Crippen MR) is 49.0 cm³/mol. The molecule has 74 valence electrons. The average Bonchev–Trinajstić information content (AvgIpc) is 2.15. The predicted octanol–water partition coefficient (Wildman–Crippen LogP) is 0.0372. The molecule has 2 N–H and O–H groups in total. The van der Waals surface area contributed by atoms with Crippen LogP contribution < -0.4 is 10.6 Å². The normalized spacial score (nSPS) is 28.0. The van der Waals surface area contributed by atoms with Crippen molar-refractivity contribution in [2.24, 2.45) is 5.92 Å². The van der Waals surface area contributed by atoms with E-state index < -0.39 is 0 Å². The highest BCUT2D eigenvalue weighted by Crippen LogP contribution is 2.18. The van der Waals surface area contributed by atoms with Crippen LogP contribution in [0.5, 0.6) is 0 Å². The van der Waals surface area contributed by atoms with Crippen LogP contribution in [0.2, 0.25) is 0 Å². The summed E-state index contributed by atoms with van der Waals surface area (Å²) in [7, 11) is 1.61. The van der Waals surface area contributed by atoms with Crippen molar-refractivity contribution >= 4 is 11.8 Å². The lowest BCUT2D eigenvalue weighted by molar-refractivity contribution is -0.133. The minimum absolute atomic E-state index is 0.00769. The zero-order valence-corrected chi connectivity index (χ0v) is 8.09. The van der Waals surface area contributed by atoms with Crippen LogP contribution >= 0.6 is 0 Å². The van der Waals surface area contributed by atoms with Gasteiger partial charge in [0.15, 0.2) is 0 Å². The summed E-state index contributed by atoms with van der Waals surface area (Å²) < 4.78 is 0. The second kappa shape index (κ2) is 4.25. The van der Waals surface area contributed by atoms with Crippen LogP contribution in [0.25, 0.3) is 0 Å². The molecule has 1 saturated heterocycles. The Balaban J connectivity index is 2.56. The molecule has 13 heavy (non-hydrogen) atoms. The maximum absolute atomic E-state index is 11.3. The summed E-state index contributed by atoms with van der Waals surface area (Å²) in [5.41, 5.74) is 0. The van der Waals surface area contributed by atoms with E-state index in [0.29, 0.717) is 6.42 Å². The highest BCUT2D eigenvalue weighted by Gasteiger charge is 2.29. The Kier molecular flexibility index (Phi) is 3.28. The van der Waals surface area contributed by atoms with Crippen LogP contribution in [-0.4, -0.2) is 24.9 Å². The van der Waals surface area contributed by atoms with Gasteiger partial charge in [-0.3, -0.25) is 9.59 Å². The van der Waals surface area contributed by atoms with Crippen LogP contribution in [0.1, 0.15) is 26.2 Å². The van der Waals surface area contributed by atoms with E-state index in [9.17, 15) is 9.59 Å². The van der Waals surface area contributed by atoms with E-state index in [4.69, 9.17) is 0 Å². The van der Waals surface area contributed by atoms with Crippen molar-refractivity contribution in [2.45, 2.75) is 32.2 Å². The Morgan fingerprint density at radius 1 is 1.69 bits per heavy atom. The average molecular weight is 184 g/mol. The summed E-state index contributed by atoms with van der Waals surface area (Å²) in [4.78, 5) is 22.5. The Morgan fingerprint density at radius 3 is 2.92 bits per heavy atom. The van der Waals surface area contributed by atoms with Gasteiger partial charge in [-0.05, 0) is 12.8 Å². The topological polar surface area (TPSA) is 58.2 Å². The van der Waals surface area contributed by atoms with Crippen molar-refractivity contribution in [3.8, 4) is 0 Å². The lowest BCUT2D eigenvalue weighted by Gasteiger charge is -2.27. The molecule has 1 aliphatic rings. The minimum Gasteiger partial charge on any atom is -0.359 e. The van der Waals surface area contributed by atoms with Crippen molar-refractivity contribution in [2.75, 3.05) is 7.05 Å². The van der Waals surface area contributed by atoms with E-state index in [-0.39, 0.29) is 23.8 Å². The molecule has 0 saturated carbocycles. The zero-order chi connectivity index (χ0) is 9.84. The second-order valence-electron chi connectivity index (χ2n) is 3.42. The lowest BCUT2D eigenvalue weighted by atomic mass is 9.90. The van der Waals surface area contributed by atoms with E-state index in [2.05, 4.69) is 10.6 Å². The molecule has 4 nitrogen and oxygen atoms in total. The Hall–Kier alpha value is -1.06.